The number of amides is 2. The summed E-state index contributed by atoms with van der Waals surface area (Å²) in [6.45, 7) is 0.348. The molecule has 1 saturated heterocycles. The van der Waals surface area contributed by atoms with Gasteiger partial charge in [-0.05, 0) is 24.3 Å². The quantitative estimate of drug-likeness (QED) is 0.891. The Morgan fingerprint density at radius 2 is 2.29 bits per heavy atom. The van der Waals surface area contributed by atoms with E-state index in [2.05, 4.69) is 15.5 Å². The molecule has 1 N–H and O–H groups in total. The van der Waals surface area contributed by atoms with Crippen LogP contribution in [0.5, 0.6) is 0 Å². The molecule has 24 heavy (non-hydrogen) atoms. The van der Waals surface area contributed by atoms with E-state index in [1.54, 1.807) is 29.6 Å². The number of likely N-dealkylation sites (tertiary alicyclic amines) is 1. The van der Waals surface area contributed by atoms with Gasteiger partial charge in [-0.3, -0.25) is 9.59 Å². The second-order valence-corrected chi connectivity index (χ2v) is 7.36. The lowest BCUT2D eigenvalue weighted by atomic mass is 9.98. The average molecular weight is 345 g/mol. The van der Waals surface area contributed by atoms with Crippen LogP contribution in [-0.4, -0.2) is 38.5 Å². The average Bonchev–Trinajstić information content (AvgIpc) is 2.99. The molecule has 2 aromatic rings. The molecule has 1 aliphatic carbocycles. The Morgan fingerprint density at radius 1 is 1.46 bits per heavy atom. The van der Waals surface area contributed by atoms with E-state index in [1.807, 2.05) is 22.1 Å². The van der Waals surface area contributed by atoms with Crippen LogP contribution in [0.1, 0.15) is 42.0 Å². The predicted octanol–water partition coefficient (Wildman–Crippen LogP) is 1.51. The molecular formula is C16H19N5O2S. The Bertz CT molecular complexity index is 752. The molecule has 2 fully saturated rings. The van der Waals surface area contributed by atoms with Gasteiger partial charge in [0.2, 0.25) is 11.8 Å². The van der Waals surface area contributed by atoms with Crippen LogP contribution in [0, 0.1) is 5.92 Å². The van der Waals surface area contributed by atoms with Gasteiger partial charge in [-0.2, -0.15) is 0 Å². The van der Waals surface area contributed by atoms with E-state index >= 15 is 0 Å². The Balaban J connectivity index is 1.46. The molecule has 2 aliphatic rings. The van der Waals surface area contributed by atoms with E-state index in [-0.39, 0.29) is 30.2 Å². The van der Waals surface area contributed by atoms with Crippen molar-refractivity contribution in [1.82, 2.24) is 25.0 Å². The van der Waals surface area contributed by atoms with Crippen LogP contribution < -0.4 is 5.32 Å². The summed E-state index contributed by atoms with van der Waals surface area (Å²) in [4.78, 5) is 27.5. The molecule has 1 aliphatic heterocycles. The number of thiophene rings is 1. The Morgan fingerprint density at radius 3 is 3.00 bits per heavy atom. The fourth-order valence-electron chi connectivity index (χ4n) is 3.30. The first-order valence-electron chi connectivity index (χ1n) is 8.10. The van der Waals surface area contributed by atoms with Crippen molar-refractivity contribution in [3.63, 3.8) is 0 Å². The first-order chi connectivity index (χ1) is 11.6. The molecular weight excluding hydrogens is 326 g/mol. The fraction of sp³-hybridized carbons (Fsp3) is 0.500. The van der Waals surface area contributed by atoms with Crippen molar-refractivity contribution in [3.05, 3.63) is 34.5 Å². The Hall–Kier alpha value is -2.22. The highest BCUT2D eigenvalue weighted by atomic mass is 32.1. The molecule has 7 nitrogen and oxygen atoms in total. The van der Waals surface area contributed by atoms with Gasteiger partial charge in [0.15, 0.2) is 5.82 Å². The zero-order valence-electron chi connectivity index (χ0n) is 13.4. The molecule has 2 amide bonds. The van der Waals surface area contributed by atoms with Gasteiger partial charge in [-0.15, -0.1) is 21.5 Å². The number of nitrogens with zero attached hydrogens (tertiary/aromatic N) is 4. The second-order valence-electron chi connectivity index (χ2n) is 6.38. The highest BCUT2D eigenvalue weighted by Gasteiger charge is 2.43. The normalized spacial score (nSPS) is 23.7. The molecule has 0 aromatic carbocycles. The van der Waals surface area contributed by atoms with E-state index in [9.17, 15) is 9.59 Å². The van der Waals surface area contributed by atoms with Crippen molar-refractivity contribution < 1.29 is 9.59 Å². The molecule has 1 saturated carbocycles. The number of hydrogen-bond acceptors (Lipinski definition) is 5. The maximum Gasteiger partial charge on any atom is 0.226 e. The standard InChI is InChI=1S/C16H19N5O2S/c1-20-14(22)7-11(15(20)12-3-2-6-24-12)16(23)17-8-13-19-18-9-21(13)10-4-5-10/h2-3,6,9-11,15H,4-5,7-8H2,1H3,(H,17,23). The summed E-state index contributed by atoms with van der Waals surface area (Å²) in [6, 6.07) is 4.22. The smallest absolute Gasteiger partial charge is 0.226 e. The molecule has 8 heteroatoms. The van der Waals surface area contributed by atoms with E-state index in [4.69, 9.17) is 0 Å². The summed E-state index contributed by atoms with van der Waals surface area (Å²) in [6.07, 6.45) is 4.25. The van der Waals surface area contributed by atoms with Gasteiger partial charge >= 0.3 is 0 Å². The molecule has 4 rings (SSSR count). The third kappa shape index (κ3) is 2.71. The lowest BCUT2D eigenvalue weighted by Crippen LogP contribution is -2.34. The zero-order chi connectivity index (χ0) is 16.7. The van der Waals surface area contributed by atoms with Crippen LogP contribution in [-0.2, 0) is 16.1 Å². The zero-order valence-corrected chi connectivity index (χ0v) is 14.2. The molecule has 0 spiro atoms. The molecule has 2 atom stereocenters. The maximum absolute atomic E-state index is 12.7. The summed E-state index contributed by atoms with van der Waals surface area (Å²) in [7, 11) is 1.77. The molecule has 0 bridgehead atoms. The van der Waals surface area contributed by atoms with Crippen LogP contribution >= 0.6 is 11.3 Å². The maximum atomic E-state index is 12.7. The molecule has 2 aromatic heterocycles. The Labute approximate surface area is 143 Å². The monoisotopic (exact) mass is 345 g/mol. The van der Waals surface area contributed by atoms with Crippen molar-refractivity contribution in [2.24, 2.45) is 5.92 Å². The first kappa shape index (κ1) is 15.3. The third-order valence-corrected chi connectivity index (χ3v) is 5.71. The van der Waals surface area contributed by atoms with E-state index in [0.29, 0.717) is 12.6 Å². The number of nitrogens with one attached hydrogen (secondary N) is 1. The second kappa shape index (κ2) is 6.01. The largest absolute Gasteiger partial charge is 0.348 e. The Kier molecular flexibility index (Phi) is 3.84. The van der Waals surface area contributed by atoms with Crippen LogP contribution in [0.15, 0.2) is 23.8 Å². The third-order valence-electron chi connectivity index (χ3n) is 4.77. The van der Waals surface area contributed by atoms with Crippen molar-refractivity contribution in [2.45, 2.75) is 37.9 Å². The summed E-state index contributed by atoms with van der Waals surface area (Å²) < 4.78 is 2.03. The van der Waals surface area contributed by atoms with Crippen molar-refractivity contribution in [1.29, 1.82) is 0 Å². The summed E-state index contributed by atoms with van der Waals surface area (Å²) >= 11 is 1.58. The summed E-state index contributed by atoms with van der Waals surface area (Å²) in [5, 5.41) is 13.0. The molecule has 126 valence electrons. The summed E-state index contributed by atoms with van der Waals surface area (Å²) in [5.41, 5.74) is 0. The lowest BCUT2D eigenvalue weighted by Gasteiger charge is -2.23. The van der Waals surface area contributed by atoms with Crippen LogP contribution in [0.25, 0.3) is 0 Å². The number of rotatable bonds is 5. The van der Waals surface area contributed by atoms with Gasteiger partial charge in [0.05, 0.1) is 18.5 Å². The molecule has 3 heterocycles. The SMILES string of the molecule is CN1C(=O)CC(C(=O)NCc2nncn2C2CC2)C1c1cccs1. The van der Waals surface area contributed by atoms with Crippen molar-refractivity contribution in [2.75, 3.05) is 7.05 Å². The summed E-state index contributed by atoms with van der Waals surface area (Å²) in [5.74, 6) is 0.320. The van der Waals surface area contributed by atoms with Crippen LogP contribution in [0.3, 0.4) is 0 Å². The van der Waals surface area contributed by atoms with Gasteiger partial charge in [0.25, 0.3) is 0 Å². The van der Waals surface area contributed by atoms with Gasteiger partial charge in [-0.25, -0.2) is 0 Å². The van der Waals surface area contributed by atoms with Gasteiger partial charge < -0.3 is 14.8 Å². The van der Waals surface area contributed by atoms with E-state index < -0.39 is 0 Å². The van der Waals surface area contributed by atoms with Crippen molar-refractivity contribution >= 4 is 23.2 Å². The molecule has 0 radical (unpaired) electrons. The van der Waals surface area contributed by atoms with Gasteiger partial charge in [0.1, 0.15) is 6.33 Å². The van der Waals surface area contributed by atoms with E-state index in [1.165, 1.54) is 0 Å². The number of carbonyl (C=O) groups is 2. The number of carbonyl (C=O) groups excluding carboxylic acids is 2. The molecule has 2 unspecified atom stereocenters. The van der Waals surface area contributed by atoms with Crippen LogP contribution in [0.2, 0.25) is 0 Å². The first-order valence-corrected chi connectivity index (χ1v) is 8.98. The number of aromatic nitrogens is 3. The van der Waals surface area contributed by atoms with Gasteiger partial charge in [0, 0.05) is 24.4 Å². The van der Waals surface area contributed by atoms with Crippen LogP contribution in [0.4, 0.5) is 0 Å². The minimum absolute atomic E-state index is 0.00898. The highest BCUT2D eigenvalue weighted by molar-refractivity contribution is 7.10. The lowest BCUT2D eigenvalue weighted by molar-refractivity contribution is -0.128. The van der Waals surface area contributed by atoms with E-state index in [0.717, 1.165) is 23.5 Å². The highest BCUT2D eigenvalue weighted by Crippen LogP contribution is 2.39. The fourth-order valence-corrected chi connectivity index (χ4v) is 4.23. The van der Waals surface area contributed by atoms with Gasteiger partial charge in [-0.1, -0.05) is 6.07 Å². The number of hydrogen-bond donors (Lipinski definition) is 1. The van der Waals surface area contributed by atoms with Crippen molar-refractivity contribution in [3.8, 4) is 0 Å². The minimum Gasteiger partial charge on any atom is -0.348 e. The predicted molar refractivity (Wildman–Crippen MR) is 88.1 cm³/mol. The topological polar surface area (TPSA) is 80.1 Å². The minimum atomic E-state index is -0.363.